The lowest BCUT2D eigenvalue weighted by Crippen LogP contribution is -2.18. The van der Waals surface area contributed by atoms with Crippen molar-refractivity contribution in [3.05, 3.63) is 40.7 Å². The van der Waals surface area contributed by atoms with Crippen LogP contribution < -0.4 is 16.6 Å². The van der Waals surface area contributed by atoms with Crippen LogP contribution in [0.4, 0.5) is 11.5 Å². The van der Waals surface area contributed by atoms with Gasteiger partial charge >= 0.3 is 0 Å². The molecule has 0 bridgehead atoms. The summed E-state index contributed by atoms with van der Waals surface area (Å²) in [4.78, 5) is 4.07. The number of nitrogens with two attached hydrogens (primary N) is 1. The molecule has 0 fully saturated rings. The lowest BCUT2D eigenvalue weighted by Gasteiger charge is -2.15. The second-order valence-corrected chi connectivity index (χ2v) is 4.74. The standard InChI is InChI=1S/C12H16N4S/c1-9(6-10-3-5-17-8-10)15-11-2-4-14-12(7-11)16-13/h2-5,7-9H,6,13H2,1H3,(H2,14,15,16). The van der Waals surface area contributed by atoms with Crippen LogP contribution in [-0.4, -0.2) is 11.0 Å². The highest BCUT2D eigenvalue weighted by molar-refractivity contribution is 7.07. The Bertz CT molecular complexity index is 455. The van der Waals surface area contributed by atoms with Crippen molar-refractivity contribution in [1.82, 2.24) is 4.98 Å². The molecule has 0 aliphatic heterocycles. The Morgan fingerprint density at radius 1 is 1.47 bits per heavy atom. The minimum absolute atomic E-state index is 0.373. The fourth-order valence-corrected chi connectivity index (χ4v) is 2.38. The smallest absolute Gasteiger partial charge is 0.141 e. The van der Waals surface area contributed by atoms with Gasteiger partial charge in [0.25, 0.3) is 0 Å². The lowest BCUT2D eigenvalue weighted by atomic mass is 10.1. The Hall–Kier alpha value is -1.59. The molecule has 2 heterocycles. The monoisotopic (exact) mass is 248 g/mol. The van der Waals surface area contributed by atoms with Crippen molar-refractivity contribution < 1.29 is 0 Å². The average molecular weight is 248 g/mol. The normalized spacial score (nSPS) is 12.1. The molecule has 5 heteroatoms. The van der Waals surface area contributed by atoms with Crippen LogP contribution in [0.3, 0.4) is 0 Å². The van der Waals surface area contributed by atoms with Gasteiger partial charge in [-0.15, -0.1) is 0 Å². The Labute approximate surface area is 105 Å². The number of nitrogens with zero attached hydrogens (tertiary/aromatic N) is 1. The maximum Gasteiger partial charge on any atom is 0.141 e. The molecule has 0 spiro atoms. The number of hydrazine groups is 1. The molecular weight excluding hydrogens is 232 g/mol. The first kappa shape index (κ1) is 11.9. The van der Waals surface area contributed by atoms with Crippen molar-refractivity contribution in [1.29, 1.82) is 0 Å². The van der Waals surface area contributed by atoms with Crippen LogP contribution in [-0.2, 0) is 6.42 Å². The van der Waals surface area contributed by atoms with Crippen molar-refractivity contribution in [2.75, 3.05) is 10.7 Å². The number of nitrogen functional groups attached to an aromatic ring is 1. The number of aromatic nitrogens is 1. The van der Waals surface area contributed by atoms with E-state index in [1.54, 1.807) is 17.5 Å². The topological polar surface area (TPSA) is 63.0 Å². The summed E-state index contributed by atoms with van der Waals surface area (Å²) in [5, 5.41) is 7.70. The maximum absolute atomic E-state index is 5.32. The van der Waals surface area contributed by atoms with Crippen molar-refractivity contribution in [3.8, 4) is 0 Å². The van der Waals surface area contributed by atoms with Gasteiger partial charge in [-0.05, 0) is 41.8 Å². The summed E-state index contributed by atoms with van der Waals surface area (Å²) in [7, 11) is 0. The van der Waals surface area contributed by atoms with Crippen LogP contribution >= 0.6 is 11.3 Å². The van der Waals surface area contributed by atoms with E-state index >= 15 is 0 Å². The second-order valence-electron chi connectivity index (χ2n) is 3.96. The molecule has 4 N–H and O–H groups in total. The fraction of sp³-hybridized carbons (Fsp3) is 0.250. The number of nitrogens with one attached hydrogen (secondary N) is 2. The van der Waals surface area contributed by atoms with Gasteiger partial charge < -0.3 is 10.7 Å². The van der Waals surface area contributed by atoms with Crippen molar-refractivity contribution in [2.45, 2.75) is 19.4 Å². The maximum atomic E-state index is 5.32. The Morgan fingerprint density at radius 2 is 2.35 bits per heavy atom. The molecule has 1 unspecified atom stereocenters. The van der Waals surface area contributed by atoms with Crippen LogP contribution in [0.2, 0.25) is 0 Å². The van der Waals surface area contributed by atoms with E-state index in [1.807, 2.05) is 12.1 Å². The van der Waals surface area contributed by atoms with Gasteiger partial charge in [0.1, 0.15) is 5.82 Å². The predicted octanol–water partition coefficient (Wildman–Crippen LogP) is 2.47. The molecule has 2 aromatic rings. The van der Waals surface area contributed by atoms with Gasteiger partial charge in [0.05, 0.1) is 0 Å². The van der Waals surface area contributed by atoms with Gasteiger partial charge in [-0.3, -0.25) is 0 Å². The average Bonchev–Trinajstić information content (AvgIpc) is 2.82. The van der Waals surface area contributed by atoms with Gasteiger partial charge in [0, 0.05) is 24.0 Å². The minimum atomic E-state index is 0.373. The molecule has 0 aromatic carbocycles. The lowest BCUT2D eigenvalue weighted by molar-refractivity contribution is 0.792. The van der Waals surface area contributed by atoms with E-state index < -0.39 is 0 Å². The Kier molecular flexibility index (Phi) is 3.95. The first-order valence-corrected chi connectivity index (χ1v) is 6.42. The zero-order valence-corrected chi connectivity index (χ0v) is 10.5. The number of rotatable bonds is 5. The predicted molar refractivity (Wildman–Crippen MR) is 73.2 cm³/mol. The van der Waals surface area contributed by atoms with Gasteiger partial charge in [0.15, 0.2) is 0 Å². The first-order valence-electron chi connectivity index (χ1n) is 5.48. The summed E-state index contributed by atoms with van der Waals surface area (Å²) in [6.45, 7) is 2.16. The number of thiophene rings is 1. The van der Waals surface area contributed by atoms with E-state index in [2.05, 4.69) is 39.5 Å². The molecule has 2 rings (SSSR count). The molecular formula is C12H16N4S. The van der Waals surface area contributed by atoms with Crippen LogP contribution in [0.25, 0.3) is 0 Å². The van der Waals surface area contributed by atoms with E-state index in [0.29, 0.717) is 11.9 Å². The van der Waals surface area contributed by atoms with Gasteiger partial charge in [-0.2, -0.15) is 11.3 Å². The molecule has 4 nitrogen and oxygen atoms in total. The number of pyridine rings is 1. The van der Waals surface area contributed by atoms with Crippen LogP contribution in [0, 0.1) is 0 Å². The van der Waals surface area contributed by atoms with Gasteiger partial charge in [0.2, 0.25) is 0 Å². The largest absolute Gasteiger partial charge is 0.382 e. The molecule has 0 amide bonds. The zero-order valence-electron chi connectivity index (χ0n) is 9.68. The SMILES string of the molecule is CC(Cc1ccsc1)Nc1ccnc(NN)c1. The van der Waals surface area contributed by atoms with Gasteiger partial charge in [-0.1, -0.05) is 0 Å². The molecule has 2 aromatic heterocycles. The third-order valence-electron chi connectivity index (χ3n) is 2.44. The number of hydrogen-bond acceptors (Lipinski definition) is 5. The molecule has 0 radical (unpaired) electrons. The van der Waals surface area contributed by atoms with E-state index in [1.165, 1.54) is 5.56 Å². The Morgan fingerprint density at radius 3 is 3.06 bits per heavy atom. The van der Waals surface area contributed by atoms with E-state index in [9.17, 15) is 0 Å². The quantitative estimate of drug-likeness (QED) is 0.562. The molecule has 90 valence electrons. The molecule has 0 aliphatic carbocycles. The zero-order chi connectivity index (χ0) is 12.1. The van der Waals surface area contributed by atoms with Crippen molar-refractivity contribution in [2.24, 2.45) is 5.84 Å². The van der Waals surface area contributed by atoms with Crippen molar-refractivity contribution >= 4 is 22.8 Å². The molecule has 0 saturated carbocycles. The highest BCUT2D eigenvalue weighted by Gasteiger charge is 2.04. The van der Waals surface area contributed by atoms with Crippen LogP contribution in [0.5, 0.6) is 0 Å². The third-order valence-corrected chi connectivity index (χ3v) is 3.17. The number of anilines is 2. The summed E-state index contributed by atoms with van der Waals surface area (Å²) in [6.07, 6.45) is 2.74. The third kappa shape index (κ3) is 3.44. The van der Waals surface area contributed by atoms with E-state index in [4.69, 9.17) is 5.84 Å². The summed E-state index contributed by atoms with van der Waals surface area (Å²) >= 11 is 1.73. The van der Waals surface area contributed by atoms with E-state index in [0.717, 1.165) is 12.1 Å². The second kappa shape index (κ2) is 5.65. The van der Waals surface area contributed by atoms with Gasteiger partial charge in [-0.25, -0.2) is 10.8 Å². The summed E-state index contributed by atoms with van der Waals surface area (Å²) in [5.41, 5.74) is 4.92. The molecule has 1 atom stereocenters. The molecule has 0 saturated heterocycles. The molecule has 17 heavy (non-hydrogen) atoms. The molecule has 0 aliphatic rings. The van der Waals surface area contributed by atoms with Crippen molar-refractivity contribution in [3.63, 3.8) is 0 Å². The van der Waals surface area contributed by atoms with E-state index in [-0.39, 0.29) is 0 Å². The number of hydrogen-bond donors (Lipinski definition) is 3. The minimum Gasteiger partial charge on any atom is -0.382 e. The Balaban J connectivity index is 1.95. The summed E-state index contributed by atoms with van der Waals surface area (Å²) < 4.78 is 0. The summed E-state index contributed by atoms with van der Waals surface area (Å²) in [6, 6.07) is 6.36. The highest BCUT2D eigenvalue weighted by atomic mass is 32.1. The highest BCUT2D eigenvalue weighted by Crippen LogP contribution is 2.15. The fourth-order valence-electron chi connectivity index (χ4n) is 1.70. The summed E-state index contributed by atoms with van der Waals surface area (Å²) in [5.74, 6) is 5.98. The first-order chi connectivity index (χ1) is 8.28. The van der Waals surface area contributed by atoms with Crippen LogP contribution in [0.15, 0.2) is 35.2 Å². The van der Waals surface area contributed by atoms with Crippen LogP contribution in [0.1, 0.15) is 12.5 Å².